The molecule has 0 fully saturated rings. The third kappa shape index (κ3) is 3.17. The number of nitrogens with zero attached hydrogens (tertiary/aromatic N) is 1. The van der Waals surface area contributed by atoms with Crippen LogP contribution >= 0.6 is 27.5 Å². The Labute approximate surface area is 112 Å². The Morgan fingerprint density at radius 3 is 2.59 bits per heavy atom. The summed E-state index contributed by atoms with van der Waals surface area (Å²) in [6, 6.07) is 8.79. The summed E-state index contributed by atoms with van der Waals surface area (Å²) in [5.74, 6) is 0.262. The summed E-state index contributed by atoms with van der Waals surface area (Å²) < 4.78 is 14.1. The molecule has 1 aromatic heterocycles. The predicted molar refractivity (Wildman–Crippen MR) is 71.2 cm³/mol. The van der Waals surface area contributed by atoms with E-state index in [4.69, 9.17) is 11.6 Å². The van der Waals surface area contributed by atoms with E-state index < -0.39 is 5.82 Å². The van der Waals surface area contributed by atoms with E-state index in [0.29, 0.717) is 10.4 Å². The lowest BCUT2D eigenvalue weighted by molar-refractivity contribution is 0.625. The minimum atomic E-state index is -0.402. The molecule has 0 aliphatic heterocycles. The van der Waals surface area contributed by atoms with Crippen LogP contribution in [0.5, 0.6) is 0 Å². The first-order chi connectivity index (χ1) is 8.19. The Kier molecular flexibility index (Phi) is 3.97. The Morgan fingerprint density at radius 1 is 1.29 bits per heavy atom. The lowest BCUT2D eigenvalue weighted by Crippen LogP contribution is -1.96. The van der Waals surface area contributed by atoms with Crippen LogP contribution in [-0.2, 0) is 5.88 Å². The quantitative estimate of drug-likeness (QED) is 0.846. The lowest BCUT2D eigenvalue weighted by atomic mass is 10.2. The van der Waals surface area contributed by atoms with Crippen LogP contribution < -0.4 is 5.32 Å². The van der Waals surface area contributed by atoms with Crippen molar-refractivity contribution in [2.75, 3.05) is 5.32 Å². The SMILES string of the molecule is Fc1cc(Br)cnc1Nc1ccc(CCl)cc1. The predicted octanol–water partition coefficient (Wildman–Crippen LogP) is 4.47. The van der Waals surface area contributed by atoms with Crippen molar-refractivity contribution in [1.29, 1.82) is 0 Å². The molecule has 0 saturated carbocycles. The first-order valence-corrected chi connectivity index (χ1v) is 6.25. The van der Waals surface area contributed by atoms with Crippen molar-refractivity contribution in [2.45, 2.75) is 5.88 Å². The lowest BCUT2D eigenvalue weighted by Gasteiger charge is -2.07. The van der Waals surface area contributed by atoms with Crippen LogP contribution in [0.1, 0.15) is 5.56 Å². The van der Waals surface area contributed by atoms with Crippen LogP contribution in [0.4, 0.5) is 15.9 Å². The van der Waals surface area contributed by atoms with Gasteiger partial charge in [0.05, 0.1) is 0 Å². The number of anilines is 2. The Bertz CT molecular complexity index is 516. The molecule has 2 aromatic rings. The van der Waals surface area contributed by atoms with Gasteiger partial charge < -0.3 is 5.32 Å². The van der Waals surface area contributed by atoms with Crippen LogP contribution in [0.3, 0.4) is 0 Å². The van der Waals surface area contributed by atoms with Crippen molar-refractivity contribution in [2.24, 2.45) is 0 Å². The Hall–Kier alpha value is -1.13. The van der Waals surface area contributed by atoms with Crippen molar-refractivity contribution in [1.82, 2.24) is 4.98 Å². The maximum atomic E-state index is 13.5. The largest absolute Gasteiger partial charge is 0.338 e. The molecule has 2 nitrogen and oxygen atoms in total. The van der Waals surface area contributed by atoms with E-state index in [0.717, 1.165) is 11.3 Å². The maximum Gasteiger partial charge on any atom is 0.166 e. The first-order valence-electron chi connectivity index (χ1n) is 4.92. The van der Waals surface area contributed by atoms with Crippen LogP contribution in [0.2, 0.25) is 0 Å². The van der Waals surface area contributed by atoms with Gasteiger partial charge in [0.25, 0.3) is 0 Å². The standard InChI is InChI=1S/C12H9BrClFN2/c13-9-5-11(15)12(16-7-9)17-10-3-1-8(6-14)2-4-10/h1-5,7H,6H2,(H,16,17). The summed E-state index contributed by atoms with van der Waals surface area (Å²) in [5, 5.41) is 2.90. The normalized spacial score (nSPS) is 10.3. The molecule has 1 aromatic carbocycles. The summed E-state index contributed by atoms with van der Waals surface area (Å²) in [7, 11) is 0. The third-order valence-corrected chi connectivity index (χ3v) is 2.92. The zero-order chi connectivity index (χ0) is 12.3. The van der Waals surface area contributed by atoms with Crippen molar-refractivity contribution >= 4 is 39.0 Å². The van der Waals surface area contributed by atoms with Gasteiger partial charge in [0.1, 0.15) is 0 Å². The molecule has 0 saturated heterocycles. The van der Waals surface area contributed by atoms with Gasteiger partial charge >= 0.3 is 0 Å². The van der Waals surface area contributed by atoms with Gasteiger partial charge in [0.15, 0.2) is 11.6 Å². The monoisotopic (exact) mass is 314 g/mol. The average Bonchev–Trinajstić information content (AvgIpc) is 2.34. The molecule has 1 N–H and O–H groups in total. The molecule has 0 aliphatic carbocycles. The van der Waals surface area contributed by atoms with Crippen LogP contribution in [-0.4, -0.2) is 4.98 Å². The fourth-order valence-electron chi connectivity index (χ4n) is 1.32. The zero-order valence-corrected chi connectivity index (χ0v) is 11.1. The highest BCUT2D eigenvalue weighted by Crippen LogP contribution is 2.20. The first kappa shape index (κ1) is 12.3. The van der Waals surface area contributed by atoms with Gasteiger partial charge in [-0.15, -0.1) is 11.6 Å². The topological polar surface area (TPSA) is 24.9 Å². The Balaban J connectivity index is 2.19. The maximum absolute atomic E-state index is 13.5. The number of aromatic nitrogens is 1. The number of benzene rings is 1. The fraction of sp³-hybridized carbons (Fsp3) is 0.0833. The van der Waals surface area contributed by atoms with E-state index >= 15 is 0 Å². The molecule has 0 aliphatic rings. The van der Waals surface area contributed by atoms with Crippen molar-refractivity contribution in [3.05, 3.63) is 52.4 Å². The average molecular weight is 316 g/mol. The zero-order valence-electron chi connectivity index (χ0n) is 8.75. The number of hydrogen-bond donors (Lipinski definition) is 1. The third-order valence-electron chi connectivity index (χ3n) is 2.18. The van der Waals surface area contributed by atoms with Crippen molar-refractivity contribution in [3.63, 3.8) is 0 Å². The molecule has 0 unspecified atom stereocenters. The van der Waals surface area contributed by atoms with Gasteiger partial charge in [0.2, 0.25) is 0 Å². The fourth-order valence-corrected chi connectivity index (χ4v) is 1.80. The number of nitrogens with one attached hydrogen (secondary N) is 1. The van der Waals surface area contributed by atoms with Crippen LogP contribution in [0.15, 0.2) is 41.0 Å². The number of rotatable bonds is 3. The second kappa shape index (κ2) is 5.47. The molecular formula is C12H9BrClFN2. The molecule has 0 radical (unpaired) electrons. The van der Waals surface area contributed by atoms with E-state index in [1.54, 1.807) is 6.20 Å². The molecular weight excluding hydrogens is 307 g/mol. The number of hydrogen-bond acceptors (Lipinski definition) is 2. The molecule has 88 valence electrons. The molecule has 5 heteroatoms. The van der Waals surface area contributed by atoms with Crippen molar-refractivity contribution < 1.29 is 4.39 Å². The second-order valence-corrected chi connectivity index (χ2v) is 4.62. The van der Waals surface area contributed by atoms with Crippen molar-refractivity contribution in [3.8, 4) is 0 Å². The highest BCUT2D eigenvalue weighted by atomic mass is 79.9. The van der Waals surface area contributed by atoms with Gasteiger partial charge in [-0.05, 0) is 39.7 Å². The summed E-state index contributed by atoms with van der Waals surface area (Å²) >= 11 is 8.84. The van der Waals surface area contributed by atoms with Gasteiger partial charge in [-0.25, -0.2) is 9.37 Å². The number of alkyl halides is 1. The molecule has 0 spiro atoms. The molecule has 0 bridgehead atoms. The highest BCUT2D eigenvalue weighted by molar-refractivity contribution is 9.10. The summed E-state index contributed by atoms with van der Waals surface area (Å²) in [6.07, 6.45) is 1.54. The van der Waals surface area contributed by atoms with E-state index in [9.17, 15) is 4.39 Å². The molecule has 2 rings (SSSR count). The molecule has 1 heterocycles. The Morgan fingerprint density at radius 2 is 2.00 bits per heavy atom. The number of halogens is 3. The second-order valence-electron chi connectivity index (χ2n) is 3.44. The smallest absolute Gasteiger partial charge is 0.166 e. The minimum Gasteiger partial charge on any atom is -0.338 e. The van der Waals surface area contributed by atoms with E-state index in [1.165, 1.54) is 6.07 Å². The summed E-state index contributed by atoms with van der Waals surface area (Å²) in [6.45, 7) is 0. The van der Waals surface area contributed by atoms with Gasteiger partial charge in [-0.1, -0.05) is 12.1 Å². The minimum absolute atomic E-state index is 0.201. The molecule has 0 atom stereocenters. The van der Waals surface area contributed by atoms with E-state index in [-0.39, 0.29) is 5.82 Å². The highest BCUT2D eigenvalue weighted by Gasteiger charge is 2.04. The van der Waals surface area contributed by atoms with Crippen LogP contribution in [0, 0.1) is 5.82 Å². The van der Waals surface area contributed by atoms with Crippen LogP contribution in [0.25, 0.3) is 0 Å². The van der Waals surface area contributed by atoms with E-state index in [2.05, 4.69) is 26.2 Å². The molecule has 17 heavy (non-hydrogen) atoms. The number of pyridine rings is 1. The van der Waals surface area contributed by atoms with Gasteiger partial charge in [0, 0.05) is 22.2 Å². The van der Waals surface area contributed by atoms with Gasteiger partial charge in [-0.3, -0.25) is 0 Å². The van der Waals surface area contributed by atoms with Gasteiger partial charge in [-0.2, -0.15) is 0 Å². The molecule has 0 amide bonds. The van der Waals surface area contributed by atoms with E-state index in [1.807, 2.05) is 24.3 Å². The summed E-state index contributed by atoms with van der Waals surface area (Å²) in [4.78, 5) is 3.96. The summed E-state index contributed by atoms with van der Waals surface area (Å²) in [5.41, 5.74) is 1.79.